The predicted octanol–water partition coefficient (Wildman–Crippen LogP) is 1.32. The average molecular weight is 133 g/mol. The van der Waals surface area contributed by atoms with Gasteiger partial charge in [0.25, 0.3) is 0 Å². The highest BCUT2D eigenvalue weighted by molar-refractivity contribution is 7.80. The van der Waals surface area contributed by atoms with Crippen molar-refractivity contribution in [3.8, 4) is 0 Å². The molecule has 1 unspecified atom stereocenters. The molecule has 0 heterocycles. The van der Waals surface area contributed by atoms with Gasteiger partial charge in [-0.15, -0.1) is 0 Å². The van der Waals surface area contributed by atoms with Gasteiger partial charge >= 0.3 is 0 Å². The molecule has 0 aromatic heterocycles. The molecule has 0 aliphatic heterocycles. The minimum absolute atomic E-state index is 0.236. The Morgan fingerprint density at radius 2 is 2.50 bits per heavy atom. The van der Waals surface area contributed by atoms with Gasteiger partial charge in [0.2, 0.25) is 0 Å². The third kappa shape index (κ3) is 4.18. The lowest BCUT2D eigenvalue weighted by molar-refractivity contribution is -0.0285. The zero-order valence-corrected chi connectivity index (χ0v) is 5.61. The van der Waals surface area contributed by atoms with Crippen LogP contribution in [0.4, 0.5) is 0 Å². The molecule has 0 aromatic rings. The van der Waals surface area contributed by atoms with Crippen molar-refractivity contribution in [3.05, 3.63) is 12.7 Å². The van der Waals surface area contributed by atoms with E-state index >= 15 is 0 Å². The summed E-state index contributed by atoms with van der Waals surface area (Å²) in [5.41, 5.74) is -0.324. The van der Waals surface area contributed by atoms with Crippen molar-refractivity contribution >= 4 is 12.6 Å². The molecule has 1 radical (unpaired) electrons. The molecule has 0 saturated carbocycles. The van der Waals surface area contributed by atoms with E-state index in [-0.39, 0.29) is 12.2 Å². The lowest BCUT2D eigenvalue weighted by Crippen LogP contribution is -2.03. The van der Waals surface area contributed by atoms with E-state index in [1.54, 1.807) is 7.11 Å². The maximum Gasteiger partial charge on any atom is 0.148 e. The van der Waals surface area contributed by atoms with Gasteiger partial charge in [-0.1, -0.05) is 25.3 Å². The minimum Gasteiger partial charge on any atom is -0.359 e. The van der Waals surface area contributed by atoms with Gasteiger partial charge in [0, 0.05) is 7.11 Å². The normalized spacial score (nSPS) is 13.2. The van der Waals surface area contributed by atoms with Gasteiger partial charge in [0.15, 0.2) is 0 Å². The minimum atomic E-state index is -0.324. The Kier molecular flexibility index (Phi) is 5.16. The molecule has 0 aromatic carbocycles. The van der Waals surface area contributed by atoms with Gasteiger partial charge in [-0.2, -0.15) is 0 Å². The second-order valence-corrected chi connectivity index (χ2v) is 1.64. The second-order valence-electron chi connectivity index (χ2n) is 1.18. The van der Waals surface area contributed by atoms with Crippen LogP contribution in [-0.2, 0) is 9.47 Å². The van der Waals surface area contributed by atoms with E-state index in [0.29, 0.717) is 0 Å². The van der Waals surface area contributed by atoms with E-state index in [9.17, 15) is 0 Å². The van der Waals surface area contributed by atoms with Crippen LogP contribution in [0.3, 0.4) is 0 Å². The van der Waals surface area contributed by atoms with Crippen molar-refractivity contribution in [1.29, 1.82) is 0 Å². The quantitative estimate of drug-likeness (QED) is 0.425. The summed E-state index contributed by atoms with van der Waals surface area (Å²) in [6.45, 7) is 3.67. The summed E-state index contributed by atoms with van der Waals surface area (Å²) in [5.74, 6) is 0. The zero-order valence-electron chi connectivity index (χ0n) is 4.79. The van der Waals surface area contributed by atoms with Crippen molar-refractivity contribution < 1.29 is 9.47 Å². The maximum absolute atomic E-state index is 4.81. The fourth-order valence-corrected chi connectivity index (χ4v) is 0.259. The number of hydrogen-bond acceptors (Lipinski definition) is 2. The first kappa shape index (κ1) is 8.01. The standard InChI is InChI=1S/C5H9O2S/c1-3-5(8)7-4-6-2/h3,5H,1,4H2,2H3. The van der Waals surface area contributed by atoms with E-state index in [1.165, 1.54) is 6.08 Å². The van der Waals surface area contributed by atoms with E-state index in [1.807, 2.05) is 0 Å². The Balaban J connectivity index is 2.98. The lowest BCUT2D eigenvalue weighted by Gasteiger charge is -2.02. The smallest absolute Gasteiger partial charge is 0.148 e. The highest BCUT2D eigenvalue weighted by atomic mass is 32.1. The van der Waals surface area contributed by atoms with Crippen LogP contribution in [0.25, 0.3) is 0 Å². The monoisotopic (exact) mass is 133 g/mol. The van der Waals surface area contributed by atoms with Crippen LogP contribution in [0.2, 0.25) is 0 Å². The summed E-state index contributed by atoms with van der Waals surface area (Å²) in [6.07, 6.45) is 1.54. The molecule has 0 bridgehead atoms. The summed E-state index contributed by atoms with van der Waals surface area (Å²) in [5, 5.41) is 0. The summed E-state index contributed by atoms with van der Waals surface area (Å²) in [6, 6.07) is 0. The topological polar surface area (TPSA) is 18.5 Å². The maximum atomic E-state index is 4.81. The van der Waals surface area contributed by atoms with Crippen LogP contribution >= 0.6 is 12.6 Å². The predicted molar refractivity (Wildman–Crippen MR) is 34.5 cm³/mol. The third-order valence-corrected chi connectivity index (χ3v) is 0.871. The van der Waals surface area contributed by atoms with Crippen LogP contribution in [0.5, 0.6) is 0 Å². The summed E-state index contributed by atoms with van der Waals surface area (Å²) in [4.78, 5) is 0. The average Bonchev–Trinajstić information content (AvgIpc) is 1.83. The summed E-state index contributed by atoms with van der Waals surface area (Å²) >= 11 is 4.68. The number of hydrogen-bond donors (Lipinski definition) is 0. The van der Waals surface area contributed by atoms with Crippen molar-refractivity contribution in [3.63, 3.8) is 0 Å². The molecule has 47 valence electrons. The Morgan fingerprint density at radius 1 is 1.88 bits per heavy atom. The first-order valence-electron chi connectivity index (χ1n) is 2.20. The number of ether oxygens (including phenoxy) is 2. The van der Waals surface area contributed by atoms with Crippen molar-refractivity contribution in [2.45, 2.75) is 5.44 Å². The van der Waals surface area contributed by atoms with Gasteiger partial charge in [-0.05, 0) is 0 Å². The Bertz CT molecular complexity index is 65.4. The fourth-order valence-electron chi connectivity index (χ4n) is 0.203. The Hall–Kier alpha value is 0.01000. The second kappa shape index (κ2) is 5.15. The number of rotatable bonds is 4. The van der Waals surface area contributed by atoms with Crippen molar-refractivity contribution in [2.24, 2.45) is 0 Å². The zero-order chi connectivity index (χ0) is 6.41. The van der Waals surface area contributed by atoms with E-state index < -0.39 is 0 Å². The molecule has 0 rings (SSSR count). The van der Waals surface area contributed by atoms with Crippen LogP contribution in [0, 0.1) is 0 Å². The number of methoxy groups -OCH3 is 1. The van der Waals surface area contributed by atoms with Gasteiger partial charge in [0.1, 0.15) is 12.2 Å². The molecule has 0 N–H and O–H groups in total. The van der Waals surface area contributed by atoms with Gasteiger partial charge in [-0.25, -0.2) is 0 Å². The van der Waals surface area contributed by atoms with Crippen molar-refractivity contribution in [2.75, 3.05) is 13.9 Å². The van der Waals surface area contributed by atoms with E-state index in [2.05, 4.69) is 23.9 Å². The van der Waals surface area contributed by atoms with Gasteiger partial charge in [-0.3, -0.25) is 0 Å². The first-order chi connectivity index (χ1) is 3.81. The fraction of sp³-hybridized carbons (Fsp3) is 0.600. The molecule has 1 atom stereocenters. The molecule has 0 aliphatic carbocycles. The molecular formula is C5H9O2S. The third-order valence-electron chi connectivity index (χ3n) is 0.543. The van der Waals surface area contributed by atoms with Gasteiger partial charge < -0.3 is 9.47 Å². The van der Waals surface area contributed by atoms with Crippen LogP contribution in [-0.4, -0.2) is 19.3 Å². The van der Waals surface area contributed by atoms with Crippen LogP contribution < -0.4 is 0 Å². The van der Waals surface area contributed by atoms with E-state index in [0.717, 1.165) is 0 Å². The van der Waals surface area contributed by atoms with Crippen molar-refractivity contribution in [1.82, 2.24) is 0 Å². The molecule has 0 amide bonds. The molecular weight excluding hydrogens is 124 g/mol. The molecule has 0 aliphatic rings. The molecule has 3 heteroatoms. The Labute approximate surface area is 54.9 Å². The van der Waals surface area contributed by atoms with Crippen LogP contribution in [0.1, 0.15) is 0 Å². The van der Waals surface area contributed by atoms with Gasteiger partial charge in [0.05, 0.1) is 0 Å². The highest BCUT2D eigenvalue weighted by Crippen LogP contribution is 1.96. The summed E-state index contributed by atoms with van der Waals surface area (Å²) < 4.78 is 9.39. The molecule has 0 spiro atoms. The lowest BCUT2D eigenvalue weighted by atomic mass is 10.7. The summed E-state index contributed by atoms with van der Waals surface area (Å²) in [7, 11) is 1.55. The molecule has 0 saturated heterocycles. The SMILES string of the molecule is C=CC([S])OCOC. The molecule has 0 fully saturated rings. The van der Waals surface area contributed by atoms with E-state index in [4.69, 9.17) is 4.74 Å². The van der Waals surface area contributed by atoms with Crippen LogP contribution in [0.15, 0.2) is 12.7 Å². The highest BCUT2D eigenvalue weighted by Gasteiger charge is 1.92. The largest absolute Gasteiger partial charge is 0.359 e. The first-order valence-corrected chi connectivity index (χ1v) is 2.67. The molecule has 2 nitrogen and oxygen atoms in total. The molecule has 8 heavy (non-hydrogen) atoms. The Morgan fingerprint density at radius 3 is 2.88 bits per heavy atom.